The largest absolute Gasteiger partial charge is 0.468 e. The van der Waals surface area contributed by atoms with E-state index in [1.54, 1.807) is 12.3 Å². The Kier molecular flexibility index (Phi) is 3.86. The number of fused-ring (bicyclic) bond motifs is 1. The molecule has 0 spiro atoms. The quantitative estimate of drug-likeness (QED) is 0.743. The van der Waals surface area contributed by atoms with Crippen molar-refractivity contribution < 1.29 is 8.83 Å². The van der Waals surface area contributed by atoms with E-state index in [4.69, 9.17) is 8.83 Å². The van der Waals surface area contributed by atoms with Gasteiger partial charge in [0.1, 0.15) is 11.3 Å². The van der Waals surface area contributed by atoms with Crippen molar-refractivity contribution in [1.29, 1.82) is 0 Å². The highest BCUT2D eigenvalue weighted by Gasteiger charge is 2.11. The topological polar surface area (TPSA) is 55.4 Å². The first-order valence-corrected chi connectivity index (χ1v) is 7.35. The van der Waals surface area contributed by atoms with Crippen molar-refractivity contribution in [3.8, 4) is 0 Å². The Morgan fingerprint density at radius 2 is 1.95 bits per heavy atom. The van der Waals surface area contributed by atoms with Gasteiger partial charge in [-0.25, -0.2) is 4.79 Å². The van der Waals surface area contributed by atoms with Gasteiger partial charge < -0.3 is 14.2 Å². The van der Waals surface area contributed by atoms with Crippen LogP contribution in [0.15, 0.2) is 50.2 Å². The van der Waals surface area contributed by atoms with Crippen LogP contribution in [0.2, 0.25) is 0 Å². The maximum absolute atomic E-state index is 11.8. The van der Waals surface area contributed by atoms with Gasteiger partial charge in [-0.3, -0.25) is 0 Å². The fourth-order valence-corrected chi connectivity index (χ4v) is 2.53. The fourth-order valence-electron chi connectivity index (χ4n) is 2.53. The normalized spacial score (nSPS) is 12.7. The predicted octanol–water partition coefficient (Wildman–Crippen LogP) is 3.85. The van der Waals surface area contributed by atoms with Crippen molar-refractivity contribution >= 4 is 11.0 Å². The van der Waals surface area contributed by atoms with E-state index < -0.39 is 0 Å². The molecule has 0 bridgehead atoms. The summed E-state index contributed by atoms with van der Waals surface area (Å²) in [5.74, 6) is 0.874. The third-order valence-corrected chi connectivity index (χ3v) is 4.01. The molecule has 4 nitrogen and oxygen atoms in total. The van der Waals surface area contributed by atoms with E-state index in [0.29, 0.717) is 12.1 Å². The molecular weight excluding hydrogens is 278 g/mol. The first-order chi connectivity index (χ1) is 10.5. The van der Waals surface area contributed by atoms with Gasteiger partial charge in [-0.05, 0) is 61.7 Å². The van der Waals surface area contributed by atoms with E-state index in [9.17, 15) is 4.79 Å². The molecule has 0 amide bonds. The van der Waals surface area contributed by atoms with Crippen LogP contribution in [0, 0.1) is 13.8 Å². The zero-order valence-corrected chi connectivity index (χ0v) is 13.0. The molecular formula is C18H19NO3. The maximum Gasteiger partial charge on any atom is 0.336 e. The van der Waals surface area contributed by atoms with Crippen LogP contribution in [-0.2, 0) is 6.54 Å². The number of furan rings is 1. The second-order valence-electron chi connectivity index (χ2n) is 5.64. The summed E-state index contributed by atoms with van der Waals surface area (Å²) in [5.41, 5.74) is 3.55. The lowest BCUT2D eigenvalue weighted by Crippen LogP contribution is -2.18. The Morgan fingerprint density at radius 1 is 1.18 bits per heavy atom. The Morgan fingerprint density at radius 3 is 2.68 bits per heavy atom. The molecule has 1 aromatic carbocycles. The highest BCUT2D eigenvalue weighted by atomic mass is 16.4. The third kappa shape index (κ3) is 2.83. The Hall–Kier alpha value is -2.33. The van der Waals surface area contributed by atoms with Crippen molar-refractivity contribution in [2.24, 2.45) is 0 Å². The smallest absolute Gasteiger partial charge is 0.336 e. The van der Waals surface area contributed by atoms with Crippen molar-refractivity contribution in [2.45, 2.75) is 33.4 Å². The van der Waals surface area contributed by atoms with Gasteiger partial charge in [0, 0.05) is 18.0 Å². The molecule has 3 rings (SSSR count). The summed E-state index contributed by atoms with van der Waals surface area (Å²) < 4.78 is 10.7. The molecule has 2 aromatic heterocycles. The summed E-state index contributed by atoms with van der Waals surface area (Å²) in [4.78, 5) is 11.8. The molecule has 0 fully saturated rings. The van der Waals surface area contributed by atoms with Gasteiger partial charge in [0.05, 0.1) is 12.3 Å². The molecule has 2 heterocycles. The SMILES string of the molecule is Cc1cc2oc(=O)cc(CN[C@H](C)c3ccco3)c2cc1C. The van der Waals surface area contributed by atoms with Crippen LogP contribution in [-0.4, -0.2) is 0 Å². The second-order valence-corrected chi connectivity index (χ2v) is 5.64. The van der Waals surface area contributed by atoms with E-state index in [-0.39, 0.29) is 11.7 Å². The zero-order chi connectivity index (χ0) is 15.7. The highest BCUT2D eigenvalue weighted by Crippen LogP contribution is 2.22. The average molecular weight is 297 g/mol. The minimum atomic E-state index is -0.321. The van der Waals surface area contributed by atoms with Crippen LogP contribution in [0.3, 0.4) is 0 Å². The van der Waals surface area contributed by atoms with Crippen molar-refractivity contribution in [1.82, 2.24) is 5.32 Å². The first kappa shape index (κ1) is 14.6. The fraction of sp³-hybridized carbons (Fsp3) is 0.278. The molecule has 0 aliphatic heterocycles. The van der Waals surface area contributed by atoms with Gasteiger partial charge in [-0.1, -0.05) is 0 Å². The standard InChI is InChI=1S/C18H19NO3/c1-11-7-15-14(9-18(20)22-17(15)8-12(11)2)10-19-13(3)16-5-4-6-21-16/h4-9,13,19H,10H2,1-3H3/t13-/m1/s1. The van der Waals surface area contributed by atoms with Crippen LogP contribution < -0.4 is 10.9 Å². The third-order valence-electron chi connectivity index (χ3n) is 4.01. The number of hydrogen-bond acceptors (Lipinski definition) is 4. The molecule has 22 heavy (non-hydrogen) atoms. The van der Waals surface area contributed by atoms with Gasteiger partial charge >= 0.3 is 5.63 Å². The van der Waals surface area contributed by atoms with E-state index in [2.05, 4.69) is 18.3 Å². The lowest BCUT2D eigenvalue weighted by Gasteiger charge is -2.13. The van der Waals surface area contributed by atoms with Gasteiger partial charge in [0.15, 0.2) is 0 Å². The summed E-state index contributed by atoms with van der Waals surface area (Å²) in [6.07, 6.45) is 1.66. The molecule has 0 aliphatic rings. The molecule has 114 valence electrons. The molecule has 1 N–H and O–H groups in total. The summed E-state index contributed by atoms with van der Waals surface area (Å²) in [6, 6.07) is 9.42. The van der Waals surface area contributed by atoms with Crippen LogP contribution in [0.1, 0.15) is 35.4 Å². The minimum absolute atomic E-state index is 0.0730. The van der Waals surface area contributed by atoms with E-state index >= 15 is 0 Å². The van der Waals surface area contributed by atoms with E-state index in [1.165, 1.54) is 5.56 Å². The first-order valence-electron chi connectivity index (χ1n) is 7.35. The number of nitrogens with one attached hydrogen (secondary N) is 1. The monoisotopic (exact) mass is 297 g/mol. The van der Waals surface area contributed by atoms with Gasteiger partial charge in [0.25, 0.3) is 0 Å². The maximum atomic E-state index is 11.8. The van der Waals surface area contributed by atoms with Crippen LogP contribution >= 0.6 is 0 Å². The number of rotatable bonds is 4. The van der Waals surface area contributed by atoms with Crippen molar-refractivity contribution in [3.05, 3.63) is 69.5 Å². The molecule has 0 saturated carbocycles. The molecule has 4 heteroatoms. The Bertz CT molecular complexity index is 847. The summed E-state index contributed by atoms with van der Waals surface area (Å²) >= 11 is 0. The number of hydrogen-bond donors (Lipinski definition) is 1. The zero-order valence-electron chi connectivity index (χ0n) is 13.0. The molecule has 0 radical (unpaired) electrons. The lowest BCUT2D eigenvalue weighted by atomic mass is 10.0. The van der Waals surface area contributed by atoms with Crippen molar-refractivity contribution in [3.63, 3.8) is 0 Å². The summed E-state index contributed by atoms with van der Waals surface area (Å²) in [6.45, 7) is 6.68. The molecule has 0 aliphatic carbocycles. The van der Waals surface area contributed by atoms with Crippen LogP contribution in [0.4, 0.5) is 0 Å². The van der Waals surface area contributed by atoms with Crippen LogP contribution in [0.5, 0.6) is 0 Å². The predicted molar refractivity (Wildman–Crippen MR) is 85.9 cm³/mol. The second kappa shape index (κ2) is 5.81. The number of aryl methyl sites for hydroxylation is 2. The van der Waals surface area contributed by atoms with Crippen molar-refractivity contribution in [2.75, 3.05) is 0 Å². The van der Waals surface area contributed by atoms with E-state index in [1.807, 2.05) is 32.0 Å². The van der Waals surface area contributed by atoms with Gasteiger partial charge in [0.2, 0.25) is 0 Å². The Balaban J connectivity index is 1.93. The number of benzene rings is 1. The summed E-state index contributed by atoms with van der Waals surface area (Å²) in [5, 5.41) is 4.35. The molecule has 0 unspecified atom stereocenters. The molecule has 0 saturated heterocycles. The van der Waals surface area contributed by atoms with Gasteiger partial charge in [-0.15, -0.1) is 0 Å². The van der Waals surface area contributed by atoms with Gasteiger partial charge in [-0.2, -0.15) is 0 Å². The summed E-state index contributed by atoms with van der Waals surface area (Å²) in [7, 11) is 0. The molecule has 1 atom stereocenters. The Labute approximate surface area is 128 Å². The average Bonchev–Trinajstić information content (AvgIpc) is 3.00. The minimum Gasteiger partial charge on any atom is -0.468 e. The highest BCUT2D eigenvalue weighted by molar-refractivity contribution is 5.81. The van der Waals surface area contributed by atoms with E-state index in [0.717, 1.165) is 22.3 Å². The molecule has 3 aromatic rings. The lowest BCUT2D eigenvalue weighted by molar-refractivity contribution is 0.430. The van der Waals surface area contributed by atoms with Crippen LogP contribution in [0.25, 0.3) is 11.0 Å².